The van der Waals surface area contributed by atoms with Crippen LogP contribution in [0, 0.1) is 0 Å². The third-order valence-electron chi connectivity index (χ3n) is 4.64. The van der Waals surface area contributed by atoms with Crippen molar-refractivity contribution in [2.75, 3.05) is 12.4 Å². The summed E-state index contributed by atoms with van der Waals surface area (Å²) in [6.07, 6.45) is 8.42. The number of aromatic nitrogens is 2. The predicted octanol–water partition coefficient (Wildman–Crippen LogP) is 3.41. The van der Waals surface area contributed by atoms with Crippen LogP contribution in [-0.2, 0) is 31.2 Å². The van der Waals surface area contributed by atoms with Gasteiger partial charge in [0.25, 0.3) is 0 Å². The molecule has 0 saturated heterocycles. The van der Waals surface area contributed by atoms with E-state index in [4.69, 9.17) is 17.0 Å². The normalized spacial score (nSPS) is 14.1. The van der Waals surface area contributed by atoms with Crippen molar-refractivity contribution < 1.29 is 9.53 Å². The Morgan fingerprint density at radius 2 is 2.12 bits per heavy atom. The Bertz CT molecular complexity index is 797. The summed E-state index contributed by atoms with van der Waals surface area (Å²) in [7, 11) is 3.32. The van der Waals surface area contributed by atoms with Gasteiger partial charge in [-0.3, -0.25) is 4.68 Å². The number of nitrogens with one attached hydrogen (secondary N) is 2. The number of esters is 1. The number of anilines is 1. The minimum atomic E-state index is -0.292. The van der Waals surface area contributed by atoms with Gasteiger partial charge < -0.3 is 15.4 Å². The zero-order valence-corrected chi connectivity index (χ0v) is 16.8. The van der Waals surface area contributed by atoms with Gasteiger partial charge in [-0.2, -0.15) is 5.10 Å². The van der Waals surface area contributed by atoms with E-state index in [9.17, 15) is 4.79 Å². The SMILES string of the molecule is COC(=O)c1c(NC(=S)NCc2ccnn2C)sc2c1CCCCCC2. The van der Waals surface area contributed by atoms with Crippen molar-refractivity contribution in [3.63, 3.8) is 0 Å². The maximum absolute atomic E-state index is 12.4. The number of carbonyl (C=O) groups is 1. The fraction of sp³-hybridized carbons (Fsp3) is 0.500. The third kappa shape index (κ3) is 4.24. The fourth-order valence-electron chi connectivity index (χ4n) is 3.22. The van der Waals surface area contributed by atoms with Gasteiger partial charge in [0, 0.05) is 18.1 Å². The summed E-state index contributed by atoms with van der Waals surface area (Å²) in [5.41, 5.74) is 2.82. The lowest BCUT2D eigenvalue weighted by Crippen LogP contribution is -2.29. The molecular weight excluding hydrogens is 368 g/mol. The maximum Gasteiger partial charge on any atom is 0.341 e. The number of hydrogen-bond acceptors (Lipinski definition) is 5. The molecule has 2 aromatic heterocycles. The summed E-state index contributed by atoms with van der Waals surface area (Å²) in [5.74, 6) is -0.292. The van der Waals surface area contributed by atoms with Crippen LogP contribution in [-0.4, -0.2) is 28.0 Å². The highest BCUT2D eigenvalue weighted by Gasteiger charge is 2.25. The number of hydrogen-bond donors (Lipinski definition) is 2. The third-order valence-corrected chi connectivity index (χ3v) is 6.09. The van der Waals surface area contributed by atoms with Crippen LogP contribution < -0.4 is 10.6 Å². The van der Waals surface area contributed by atoms with Crippen LogP contribution in [0.15, 0.2) is 12.3 Å². The molecule has 1 aliphatic carbocycles. The lowest BCUT2D eigenvalue weighted by atomic mass is 9.96. The highest BCUT2D eigenvalue weighted by atomic mass is 32.1. The van der Waals surface area contributed by atoms with E-state index in [0.29, 0.717) is 17.2 Å². The molecule has 0 spiro atoms. The van der Waals surface area contributed by atoms with Crippen molar-refractivity contribution in [2.24, 2.45) is 7.05 Å². The van der Waals surface area contributed by atoms with E-state index in [0.717, 1.165) is 41.9 Å². The number of carbonyl (C=O) groups excluding carboxylic acids is 1. The Hall–Kier alpha value is -1.93. The van der Waals surface area contributed by atoms with E-state index in [2.05, 4.69) is 15.7 Å². The summed E-state index contributed by atoms with van der Waals surface area (Å²) in [5, 5.41) is 11.8. The molecule has 2 heterocycles. The largest absolute Gasteiger partial charge is 0.465 e. The Kier molecular flexibility index (Phi) is 6.26. The summed E-state index contributed by atoms with van der Waals surface area (Å²) in [6, 6.07) is 1.94. The first kappa shape index (κ1) is 18.8. The van der Waals surface area contributed by atoms with E-state index < -0.39 is 0 Å². The van der Waals surface area contributed by atoms with Crippen molar-refractivity contribution in [2.45, 2.75) is 45.1 Å². The Labute approximate surface area is 162 Å². The molecule has 0 saturated carbocycles. The molecule has 0 atom stereocenters. The van der Waals surface area contributed by atoms with E-state index in [1.54, 1.807) is 22.2 Å². The van der Waals surface area contributed by atoms with Crippen molar-refractivity contribution in [1.29, 1.82) is 0 Å². The van der Waals surface area contributed by atoms with Gasteiger partial charge in [-0.15, -0.1) is 11.3 Å². The zero-order chi connectivity index (χ0) is 18.5. The number of methoxy groups -OCH3 is 1. The molecule has 0 bridgehead atoms. The van der Waals surface area contributed by atoms with Gasteiger partial charge in [-0.1, -0.05) is 12.8 Å². The van der Waals surface area contributed by atoms with Crippen LogP contribution in [0.2, 0.25) is 0 Å². The number of aryl methyl sites for hydroxylation is 2. The number of ether oxygens (including phenoxy) is 1. The minimum absolute atomic E-state index is 0.292. The van der Waals surface area contributed by atoms with Gasteiger partial charge in [0.1, 0.15) is 5.00 Å². The number of thiocarbonyl (C=S) groups is 1. The second-order valence-electron chi connectivity index (χ2n) is 6.37. The van der Waals surface area contributed by atoms with Gasteiger partial charge in [0.05, 0.1) is 24.9 Å². The van der Waals surface area contributed by atoms with Gasteiger partial charge in [0.2, 0.25) is 0 Å². The average molecular weight is 393 g/mol. The standard InChI is InChI=1S/C18H24N4O2S2/c1-22-12(9-10-20-22)11-19-18(25)21-16-15(17(23)24-2)13-7-5-3-4-6-8-14(13)26-16/h9-10H,3-8,11H2,1-2H3,(H2,19,21,25). The first-order chi connectivity index (χ1) is 12.6. The number of thiophene rings is 1. The van der Waals surface area contributed by atoms with E-state index in [-0.39, 0.29) is 5.97 Å². The first-order valence-corrected chi connectivity index (χ1v) is 10.1. The molecule has 8 heteroatoms. The van der Waals surface area contributed by atoms with Crippen molar-refractivity contribution in [3.05, 3.63) is 34.0 Å². The van der Waals surface area contributed by atoms with Crippen LogP contribution in [0.1, 0.15) is 52.2 Å². The first-order valence-electron chi connectivity index (χ1n) is 8.84. The lowest BCUT2D eigenvalue weighted by Gasteiger charge is -2.12. The summed E-state index contributed by atoms with van der Waals surface area (Å²) in [6.45, 7) is 0.570. The fourth-order valence-corrected chi connectivity index (χ4v) is 4.74. The summed E-state index contributed by atoms with van der Waals surface area (Å²) in [4.78, 5) is 13.7. The number of rotatable bonds is 4. The van der Waals surface area contributed by atoms with Gasteiger partial charge in [0.15, 0.2) is 5.11 Å². The summed E-state index contributed by atoms with van der Waals surface area (Å²) >= 11 is 7.06. The topological polar surface area (TPSA) is 68.2 Å². The van der Waals surface area contributed by atoms with Crippen LogP contribution in [0.4, 0.5) is 5.00 Å². The van der Waals surface area contributed by atoms with E-state index >= 15 is 0 Å². The molecule has 0 unspecified atom stereocenters. The molecule has 1 aliphatic rings. The van der Waals surface area contributed by atoms with Crippen molar-refractivity contribution in [3.8, 4) is 0 Å². The Morgan fingerprint density at radius 1 is 1.35 bits per heavy atom. The van der Waals surface area contributed by atoms with Gasteiger partial charge >= 0.3 is 5.97 Å². The molecule has 0 radical (unpaired) electrons. The van der Waals surface area contributed by atoms with Crippen molar-refractivity contribution in [1.82, 2.24) is 15.1 Å². The van der Waals surface area contributed by atoms with Crippen LogP contribution in [0.3, 0.4) is 0 Å². The van der Waals surface area contributed by atoms with Crippen LogP contribution in [0.25, 0.3) is 0 Å². The van der Waals surface area contributed by atoms with Gasteiger partial charge in [-0.25, -0.2) is 4.79 Å². The molecule has 26 heavy (non-hydrogen) atoms. The molecule has 0 amide bonds. The zero-order valence-electron chi connectivity index (χ0n) is 15.1. The van der Waals surface area contributed by atoms with Crippen molar-refractivity contribution >= 4 is 39.6 Å². The Balaban J connectivity index is 1.77. The van der Waals surface area contributed by atoms with Crippen LogP contribution >= 0.6 is 23.6 Å². The Morgan fingerprint density at radius 3 is 2.81 bits per heavy atom. The van der Waals surface area contributed by atoms with Crippen LogP contribution in [0.5, 0.6) is 0 Å². The molecule has 0 fully saturated rings. The highest BCUT2D eigenvalue weighted by Crippen LogP contribution is 2.37. The second kappa shape index (κ2) is 8.64. The molecule has 6 nitrogen and oxygen atoms in total. The quantitative estimate of drug-likeness (QED) is 0.614. The second-order valence-corrected chi connectivity index (χ2v) is 7.88. The molecule has 2 N–H and O–H groups in total. The minimum Gasteiger partial charge on any atom is -0.465 e. The number of nitrogens with zero attached hydrogens (tertiary/aromatic N) is 2. The van der Waals surface area contributed by atoms with Gasteiger partial charge in [-0.05, 0) is 49.5 Å². The monoisotopic (exact) mass is 392 g/mol. The summed E-state index contributed by atoms with van der Waals surface area (Å²) < 4.78 is 6.84. The average Bonchev–Trinajstić information content (AvgIpc) is 3.15. The molecule has 3 rings (SSSR count). The maximum atomic E-state index is 12.4. The molecule has 2 aromatic rings. The molecule has 0 aliphatic heterocycles. The molecular formula is C18H24N4O2S2. The molecule has 140 valence electrons. The van der Waals surface area contributed by atoms with E-state index in [1.807, 2.05) is 13.1 Å². The predicted molar refractivity (Wildman–Crippen MR) is 108 cm³/mol. The highest BCUT2D eigenvalue weighted by molar-refractivity contribution is 7.80. The molecule has 0 aromatic carbocycles. The van der Waals surface area contributed by atoms with E-state index in [1.165, 1.54) is 24.8 Å². The number of fused-ring (bicyclic) bond motifs is 1. The lowest BCUT2D eigenvalue weighted by molar-refractivity contribution is 0.0601. The smallest absolute Gasteiger partial charge is 0.341 e.